The summed E-state index contributed by atoms with van der Waals surface area (Å²) in [5.74, 6) is -1.66. The Kier molecular flexibility index (Phi) is 7.16. The zero-order valence-corrected chi connectivity index (χ0v) is 20.6. The zero-order chi connectivity index (χ0) is 25.1. The monoisotopic (exact) mass is 493 g/mol. The number of anilines is 1. The van der Waals surface area contributed by atoms with E-state index in [-0.39, 0.29) is 23.1 Å². The number of aryl methyl sites for hydroxylation is 1. The number of nitrogens with zero attached hydrogens (tertiary/aromatic N) is 2. The standard InChI is InChI=1S/C26H27N3O5S/c1-4-9-21(23(30)29(3)24-22(25(31)32)15(2)28-35-24)27-26(33)34-14-20-18-12-7-5-10-16(18)17-11-6-8-13-19(17)20/h5-8,10-13,20-21H,4,9,14H2,1-3H3,(H,27,33)(H,31,32)/t21-/m1/s1. The molecule has 3 aromatic rings. The number of nitrogens with one attached hydrogen (secondary N) is 1. The van der Waals surface area contributed by atoms with Gasteiger partial charge in [-0.3, -0.25) is 4.79 Å². The van der Waals surface area contributed by atoms with Crippen molar-refractivity contribution < 1.29 is 24.2 Å². The number of benzene rings is 2. The number of aromatic nitrogens is 1. The van der Waals surface area contributed by atoms with Crippen LogP contribution in [-0.4, -0.2) is 47.1 Å². The molecule has 0 fully saturated rings. The predicted molar refractivity (Wildman–Crippen MR) is 134 cm³/mol. The van der Waals surface area contributed by atoms with Crippen molar-refractivity contribution in [3.63, 3.8) is 0 Å². The first kappa shape index (κ1) is 24.4. The number of carboxylic acids is 1. The van der Waals surface area contributed by atoms with Gasteiger partial charge in [0, 0.05) is 13.0 Å². The Balaban J connectivity index is 1.45. The minimum absolute atomic E-state index is 0.0118. The van der Waals surface area contributed by atoms with E-state index in [9.17, 15) is 19.5 Å². The van der Waals surface area contributed by atoms with Crippen LogP contribution in [-0.2, 0) is 9.53 Å². The van der Waals surface area contributed by atoms with Crippen LogP contribution in [0.15, 0.2) is 48.5 Å². The Labute approximate surface area is 207 Å². The number of fused-ring (bicyclic) bond motifs is 3. The van der Waals surface area contributed by atoms with Crippen LogP contribution in [0.25, 0.3) is 11.1 Å². The average Bonchev–Trinajstić information content (AvgIpc) is 3.39. The van der Waals surface area contributed by atoms with Gasteiger partial charge in [-0.2, -0.15) is 4.37 Å². The van der Waals surface area contributed by atoms with E-state index < -0.39 is 24.0 Å². The first-order valence-electron chi connectivity index (χ1n) is 11.4. The van der Waals surface area contributed by atoms with E-state index in [1.807, 2.05) is 43.3 Å². The Hall–Kier alpha value is -3.72. The van der Waals surface area contributed by atoms with E-state index in [1.165, 1.54) is 11.9 Å². The number of carboxylic acid groups (broad SMARTS) is 1. The molecule has 1 aliphatic rings. The van der Waals surface area contributed by atoms with Gasteiger partial charge in [-0.05, 0) is 47.1 Å². The molecule has 182 valence electrons. The van der Waals surface area contributed by atoms with Gasteiger partial charge in [-0.15, -0.1) is 0 Å². The number of carbonyl (C=O) groups excluding carboxylic acids is 2. The van der Waals surface area contributed by atoms with Crippen molar-refractivity contribution >= 4 is 34.5 Å². The van der Waals surface area contributed by atoms with Gasteiger partial charge in [0.25, 0.3) is 0 Å². The molecule has 2 amide bonds. The van der Waals surface area contributed by atoms with Crippen molar-refractivity contribution in [1.82, 2.24) is 9.69 Å². The largest absolute Gasteiger partial charge is 0.478 e. The summed E-state index contributed by atoms with van der Waals surface area (Å²) >= 11 is 0.940. The van der Waals surface area contributed by atoms with Gasteiger partial charge >= 0.3 is 12.1 Å². The molecule has 0 aliphatic heterocycles. The number of hydrogen-bond acceptors (Lipinski definition) is 6. The van der Waals surface area contributed by atoms with Gasteiger partial charge in [0.15, 0.2) is 0 Å². The second kappa shape index (κ2) is 10.3. The van der Waals surface area contributed by atoms with Gasteiger partial charge in [-0.25, -0.2) is 9.59 Å². The first-order valence-corrected chi connectivity index (χ1v) is 12.2. The normalized spacial score (nSPS) is 13.0. The van der Waals surface area contributed by atoms with E-state index in [1.54, 1.807) is 6.92 Å². The van der Waals surface area contributed by atoms with Gasteiger partial charge in [0.05, 0.1) is 5.69 Å². The van der Waals surface area contributed by atoms with Gasteiger partial charge in [0.2, 0.25) is 5.91 Å². The van der Waals surface area contributed by atoms with Crippen molar-refractivity contribution in [2.24, 2.45) is 0 Å². The smallest absolute Gasteiger partial charge is 0.407 e. The Bertz CT molecular complexity index is 1230. The molecule has 0 saturated carbocycles. The third-order valence-electron chi connectivity index (χ3n) is 6.20. The summed E-state index contributed by atoms with van der Waals surface area (Å²) in [5, 5.41) is 12.4. The maximum absolute atomic E-state index is 13.2. The van der Waals surface area contributed by atoms with Crippen molar-refractivity contribution in [3.8, 4) is 11.1 Å². The Morgan fingerprint density at radius 3 is 2.29 bits per heavy atom. The summed E-state index contributed by atoms with van der Waals surface area (Å²) in [4.78, 5) is 38.8. The van der Waals surface area contributed by atoms with Crippen molar-refractivity contribution in [2.45, 2.75) is 38.6 Å². The highest BCUT2D eigenvalue weighted by Crippen LogP contribution is 2.44. The molecule has 0 bridgehead atoms. The fraction of sp³-hybridized carbons (Fsp3) is 0.308. The molecule has 0 spiro atoms. The summed E-state index contributed by atoms with van der Waals surface area (Å²) in [5.41, 5.74) is 4.79. The van der Waals surface area contributed by atoms with Crippen molar-refractivity contribution in [2.75, 3.05) is 18.6 Å². The summed E-state index contributed by atoms with van der Waals surface area (Å²) in [7, 11) is 1.49. The van der Waals surface area contributed by atoms with Gasteiger partial charge in [0.1, 0.15) is 23.2 Å². The molecule has 0 radical (unpaired) electrons. The second-order valence-corrected chi connectivity index (χ2v) is 9.21. The number of likely N-dealkylation sites (N-methyl/N-ethyl adjacent to an activating group) is 1. The maximum atomic E-state index is 13.2. The van der Waals surface area contributed by atoms with Crippen LogP contribution in [0.1, 0.15) is 52.9 Å². The number of hydrogen-bond donors (Lipinski definition) is 2. The molecule has 2 N–H and O–H groups in total. The molecule has 35 heavy (non-hydrogen) atoms. The third-order valence-corrected chi connectivity index (χ3v) is 7.22. The van der Waals surface area contributed by atoms with Crippen LogP contribution >= 0.6 is 11.5 Å². The summed E-state index contributed by atoms with van der Waals surface area (Å²) in [6.45, 7) is 3.62. The molecule has 0 saturated heterocycles. The first-order chi connectivity index (χ1) is 16.8. The molecule has 1 heterocycles. The molecule has 1 aliphatic carbocycles. The van der Waals surface area contributed by atoms with E-state index in [0.29, 0.717) is 18.5 Å². The van der Waals surface area contributed by atoms with Gasteiger partial charge in [-0.1, -0.05) is 61.9 Å². The summed E-state index contributed by atoms with van der Waals surface area (Å²) < 4.78 is 9.67. The molecular formula is C26H27N3O5S. The average molecular weight is 494 g/mol. The molecule has 1 atom stereocenters. The molecular weight excluding hydrogens is 466 g/mol. The molecule has 0 unspecified atom stereocenters. The van der Waals surface area contributed by atoms with Crippen LogP contribution in [0.3, 0.4) is 0 Å². The number of rotatable bonds is 8. The minimum Gasteiger partial charge on any atom is -0.478 e. The number of alkyl carbamates (subject to hydrolysis) is 1. The molecule has 8 nitrogen and oxygen atoms in total. The van der Waals surface area contributed by atoms with Crippen LogP contribution in [0.4, 0.5) is 9.80 Å². The van der Waals surface area contributed by atoms with Crippen LogP contribution in [0, 0.1) is 6.92 Å². The lowest BCUT2D eigenvalue weighted by atomic mass is 9.98. The van der Waals surface area contributed by atoms with Crippen molar-refractivity contribution in [3.05, 3.63) is 70.9 Å². The van der Waals surface area contributed by atoms with E-state index in [4.69, 9.17) is 4.74 Å². The maximum Gasteiger partial charge on any atom is 0.407 e. The van der Waals surface area contributed by atoms with E-state index in [2.05, 4.69) is 21.8 Å². The summed E-state index contributed by atoms with van der Waals surface area (Å²) in [6, 6.07) is 15.3. The minimum atomic E-state index is -1.15. The Morgan fingerprint density at radius 2 is 1.71 bits per heavy atom. The number of amides is 2. The highest BCUT2D eigenvalue weighted by molar-refractivity contribution is 7.11. The topological polar surface area (TPSA) is 109 Å². The number of aromatic carboxylic acids is 1. The second-order valence-electron chi connectivity index (χ2n) is 8.46. The lowest BCUT2D eigenvalue weighted by molar-refractivity contribution is -0.120. The fourth-order valence-electron chi connectivity index (χ4n) is 4.50. The molecule has 4 rings (SSSR count). The van der Waals surface area contributed by atoms with Crippen molar-refractivity contribution in [1.29, 1.82) is 0 Å². The van der Waals surface area contributed by atoms with Crippen LogP contribution in [0.5, 0.6) is 0 Å². The molecule has 1 aromatic heterocycles. The SMILES string of the molecule is CCC[C@@H](NC(=O)OCC1c2ccccc2-c2ccccc21)C(=O)N(C)c1snc(C)c1C(=O)O. The lowest BCUT2D eigenvalue weighted by Crippen LogP contribution is -2.47. The fourth-order valence-corrected chi connectivity index (χ4v) is 5.35. The molecule has 9 heteroatoms. The quantitative estimate of drug-likeness (QED) is 0.466. The highest BCUT2D eigenvalue weighted by atomic mass is 32.1. The van der Waals surface area contributed by atoms with E-state index in [0.717, 1.165) is 33.8 Å². The number of ether oxygens (including phenoxy) is 1. The van der Waals surface area contributed by atoms with Crippen LogP contribution < -0.4 is 10.2 Å². The Morgan fingerprint density at radius 1 is 1.11 bits per heavy atom. The predicted octanol–water partition coefficient (Wildman–Crippen LogP) is 4.82. The van der Waals surface area contributed by atoms with Crippen LogP contribution in [0.2, 0.25) is 0 Å². The molecule has 2 aromatic carbocycles. The summed E-state index contributed by atoms with van der Waals surface area (Å²) in [6.07, 6.45) is 0.334. The third kappa shape index (κ3) is 4.77. The lowest BCUT2D eigenvalue weighted by Gasteiger charge is -2.24. The van der Waals surface area contributed by atoms with Gasteiger partial charge < -0.3 is 20.1 Å². The number of carbonyl (C=O) groups is 3. The van der Waals surface area contributed by atoms with E-state index >= 15 is 0 Å². The highest BCUT2D eigenvalue weighted by Gasteiger charge is 2.31. The zero-order valence-electron chi connectivity index (χ0n) is 19.8.